The summed E-state index contributed by atoms with van der Waals surface area (Å²) in [5.41, 5.74) is 2.63. The third-order valence-corrected chi connectivity index (χ3v) is 2.80. The molecule has 5 heteroatoms. The minimum absolute atomic E-state index is 0.543. The van der Waals surface area contributed by atoms with E-state index in [9.17, 15) is 4.79 Å². The number of hydroxylamine groups is 1. The molecule has 0 saturated heterocycles. The number of hydrogen-bond donors (Lipinski definition) is 0. The molecule has 0 spiro atoms. The fourth-order valence-electron chi connectivity index (χ4n) is 1.46. The smallest absolute Gasteiger partial charge is 0.438 e. The lowest BCUT2D eigenvalue weighted by molar-refractivity contribution is 0.115. The summed E-state index contributed by atoms with van der Waals surface area (Å²) in [6.07, 6.45) is -0.543. The first kappa shape index (κ1) is 13.0. The third kappa shape index (κ3) is 2.54. The number of rotatable bonds is 3. The normalized spacial score (nSPS) is 10.0. The van der Waals surface area contributed by atoms with Gasteiger partial charge in [0.05, 0.1) is 19.9 Å². The molecule has 16 heavy (non-hydrogen) atoms. The third-order valence-electron chi connectivity index (χ3n) is 2.19. The van der Waals surface area contributed by atoms with Gasteiger partial charge in [-0.15, -0.1) is 0 Å². The summed E-state index contributed by atoms with van der Waals surface area (Å²) in [6.45, 7) is 1.91. The van der Waals surface area contributed by atoms with E-state index in [4.69, 9.17) is 4.84 Å². The van der Waals surface area contributed by atoms with Gasteiger partial charge in [-0.2, -0.15) is 5.06 Å². The first-order valence-corrected chi connectivity index (χ1v) is 5.84. The van der Waals surface area contributed by atoms with Crippen LogP contribution in [-0.4, -0.2) is 20.3 Å². The Kier molecular flexibility index (Phi) is 4.76. The lowest BCUT2D eigenvalue weighted by Crippen LogP contribution is -2.31. The molecule has 1 rings (SSSR count). The van der Waals surface area contributed by atoms with Gasteiger partial charge in [0.25, 0.3) is 0 Å². The molecule has 1 aromatic carbocycles. The molecule has 1 amide bonds. The van der Waals surface area contributed by atoms with Gasteiger partial charge < -0.3 is 4.74 Å². The molecule has 0 fully saturated rings. The van der Waals surface area contributed by atoms with Crippen LogP contribution in [0.1, 0.15) is 11.1 Å². The van der Waals surface area contributed by atoms with Crippen LogP contribution >= 0.6 is 15.9 Å². The number of benzene rings is 1. The predicted octanol–water partition coefficient (Wildman–Crippen LogP) is 3.02. The molecule has 4 nitrogen and oxygen atoms in total. The molecule has 0 saturated carbocycles. The lowest BCUT2D eigenvalue weighted by atomic mass is 10.1. The number of para-hydroxylation sites is 1. The minimum atomic E-state index is -0.543. The van der Waals surface area contributed by atoms with E-state index in [1.807, 2.05) is 25.1 Å². The molecule has 0 aliphatic carbocycles. The summed E-state index contributed by atoms with van der Waals surface area (Å²) >= 11 is 3.38. The van der Waals surface area contributed by atoms with Crippen molar-refractivity contribution < 1.29 is 14.4 Å². The molecule has 0 atom stereocenters. The Morgan fingerprint density at radius 2 is 2.12 bits per heavy atom. The molecule has 0 aliphatic heterocycles. The number of halogens is 1. The number of anilines is 1. The van der Waals surface area contributed by atoms with Gasteiger partial charge in [0.2, 0.25) is 0 Å². The van der Waals surface area contributed by atoms with Gasteiger partial charge in [0.1, 0.15) is 0 Å². The molecule has 0 radical (unpaired) electrons. The number of hydrogen-bond acceptors (Lipinski definition) is 3. The van der Waals surface area contributed by atoms with Crippen LogP contribution in [-0.2, 0) is 14.9 Å². The molecule has 0 aliphatic rings. The second-order valence-electron chi connectivity index (χ2n) is 3.16. The van der Waals surface area contributed by atoms with E-state index in [1.54, 1.807) is 0 Å². The summed E-state index contributed by atoms with van der Waals surface area (Å²) in [6, 6.07) is 5.77. The monoisotopic (exact) mass is 287 g/mol. The molecule has 0 N–H and O–H groups in total. The van der Waals surface area contributed by atoms with Crippen LogP contribution in [0.15, 0.2) is 18.2 Å². The van der Waals surface area contributed by atoms with Crippen LogP contribution in [0, 0.1) is 6.92 Å². The van der Waals surface area contributed by atoms with E-state index in [2.05, 4.69) is 20.7 Å². The Hall–Kier alpha value is -1.07. The van der Waals surface area contributed by atoms with Gasteiger partial charge in [-0.1, -0.05) is 34.1 Å². The maximum atomic E-state index is 11.5. The van der Waals surface area contributed by atoms with Crippen molar-refractivity contribution in [3.8, 4) is 0 Å². The molecule has 88 valence electrons. The Balaban J connectivity index is 3.22. The maximum absolute atomic E-state index is 11.5. The van der Waals surface area contributed by atoms with Crippen molar-refractivity contribution in [2.75, 3.05) is 19.3 Å². The van der Waals surface area contributed by atoms with Crippen molar-refractivity contribution in [2.24, 2.45) is 0 Å². The molecular formula is C11H14BrNO3. The summed E-state index contributed by atoms with van der Waals surface area (Å²) < 4.78 is 4.66. The molecular weight excluding hydrogens is 274 g/mol. The number of carbonyl (C=O) groups is 1. The average Bonchev–Trinajstić information content (AvgIpc) is 2.31. The van der Waals surface area contributed by atoms with E-state index in [1.165, 1.54) is 14.2 Å². The highest BCUT2D eigenvalue weighted by Crippen LogP contribution is 2.27. The first-order chi connectivity index (χ1) is 7.65. The van der Waals surface area contributed by atoms with Gasteiger partial charge in [-0.05, 0) is 18.1 Å². The van der Waals surface area contributed by atoms with Gasteiger partial charge in [0.15, 0.2) is 0 Å². The number of alkyl halides is 1. The Morgan fingerprint density at radius 1 is 1.44 bits per heavy atom. The summed E-state index contributed by atoms with van der Waals surface area (Å²) in [5.74, 6) is 0. The molecule has 0 bridgehead atoms. The molecule has 0 unspecified atom stereocenters. The van der Waals surface area contributed by atoms with Gasteiger partial charge in [-0.25, -0.2) is 4.79 Å². The zero-order chi connectivity index (χ0) is 12.1. The average molecular weight is 288 g/mol. The summed E-state index contributed by atoms with van der Waals surface area (Å²) in [5, 5.41) is 1.78. The Morgan fingerprint density at radius 3 is 2.62 bits per heavy atom. The number of ether oxygens (including phenoxy) is 1. The van der Waals surface area contributed by atoms with Crippen molar-refractivity contribution >= 4 is 27.7 Å². The minimum Gasteiger partial charge on any atom is -0.451 e. The topological polar surface area (TPSA) is 38.8 Å². The quantitative estimate of drug-likeness (QED) is 0.634. The van der Waals surface area contributed by atoms with E-state index < -0.39 is 6.09 Å². The van der Waals surface area contributed by atoms with Gasteiger partial charge >= 0.3 is 6.09 Å². The zero-order valence-electron chi connectivity index (χ0n) is 9.49. The van der Waals surface area contributed by atoms with Crippen LogP contribution in [0.4, 0.5) is 10.5 Å². The van der Waals surface area contributed by atoms with Crippen LogP contribution in [0.25, 0.3) is 0 Å². The first-order valence-electron chi connectivity index (χ1n) is 4.72. The van der Waals surface area contributed by atoms with Crippen LogP contribution in [0.2, 0.25) is 0 Å². The maximum Gasteiger partial charge on any atom is 0.438 e. The van der Waals surface area contributed by atoms with Crippen molar-refractivity contribution in [1.29, 1.82) is 0 Å². The van der Waals surface area contributed by atoms with Crippen LogP contribution in [0.3, 0.4) is 0 Å². The highest BCUT2D eigenvalue weighted by molar-refractivity contribution is 9.08. The zero-order valence-corrected chi connectivity index (χ0v) is 11.1. The van der Waals surface area contributed by atoms with Crippen molar-refractivity contribution in [2.45, 2.75) is 12.3 Å². The van der Waals surface area contributed by atoms with Crippen molar-refractivity contribution in [3.63, 3.8) is 0 Å². The summed E-state index contributed by atoms with van der Waals surface area (Å²) in [4.78, 5) is 16.6. The number of aryl methyl sites for hydroxylation is 1. The van der Waals surface area contributed by atoms with Gasteiger partial charge in [-0.3, -0.25) is 4.84 Å². The second kappa shape index (κ2) is 5.86. The number of nitrogens with zero attached hydrogens (tertiary/aromatic N) is 1. The second-order valence-corrected chi connectivity index (χ2v) is 3.72. The largest absolute Gasteiger partial charge is 0.451 e. The molecule has 0 heterocycles. The molecule has 1 aromatic rings. The van der Waals surface area contributed by atoms with Gasteiger partial charge in [0, 0.05) is 5.33 Å². The van der Waals surface area contributed by atoms with E-state index >= 15 is 0 Å². The van der Waals surface area contributed by atoms with Crippen molar-refractivity contribution in [1.82, 2.24) is 0 Å². The fraction of sp³-hybridized carbons (Fsp3) is 0.364. The SMILES string of the molecule is COC(=O)N(OC)c1c(C)cccc1CBr. The van der Waals surface area contributed by atoms with Crippen LogP contribution < -0.4 is 5.06 Å². The van der Waals surface area contributed by atoms with Crippen molar-refractivity contribution in [3.05, 3.63) is 29.3 Å². The number of amides is 1. The predicted molar refractivity (Wildman–Crippen MR) is 65.7 cm³/mol. The molecule has 0 aromatic heterocycles. The Bertz CT molecular complexity index is 381. The highest BCUT2D eigenvalue weighted by atomic mass is 79.9. The number of carbonyl (C=O) groups excluding carboxylic acids is 1. The van der Waals surface area contributed by atoms with Crippen LogP contribution in [0.5, 0.6) is 0 Å². The number of methoxy groups -OCH3 is 1. The van der Waals surface area contributed by atoms with E-state index in [-0.39, 0.29) is 0 Å². The summed E-state index contributed by atoms with van der Waals surface area (Å²) in [7, 11) is 2.75. The fourth-order valence-corrected chi connectivity index (χ4v) is 1.91. The lowest BCUT2D eigenvalue weighted by Gasteiger charge is -2.22. The standard InChI is InChI=1S/C11H14BrNO3/c1-8-5-4-6-9(7-12)10(8)13(16-3)11(14)15-2/h4-6H,7H2,1-3H3. The Labute approximate surface area is 103 Å². The van der Waals surface area contributed by atoms with E-state index in [0.29, 0.717) is 11.0 Å². The van der Waals surface area contributed by atoms with E-state index in [0.717, 1.165) is 16.2 Å². The highest BCUT2D eigenvalue weighted by Gasteiger charge is 2.20.